The van der Waals surface area contributed by atoms with Crippen molar-refractivity contribution in [3.8, 4) is 11.1 Å². The predicted octanol–water partition coefficient (Wildman–Crippen LogP) is 5.20. The third-order valence-corrected chi connectivity index (χ3v) is 5.38. The zero-order chi connectivity index (χ0) is 24.0. The number of anilines is 1. The lowest BCUT2D eigenvalue weighted by Gasteiger charge is -2.17. The molecule has 32 heavy (non-hydrogen) atoms. The molecule has 0 aliphatic heterocycles. The second-order valence-corrected chi connectivity index (χ2v) is 8.25. The molecule has 0 aliphatic carbocycles. The van der Waals surface area contributed by atoms with Crippen molar-refractivity contribution in [1.29, 1.82) is 10.8 Å². The van der Waals surface area contributed by atoms with E-state index in [2.05, 4.69) is 5.32 Å². The van der Waals surface area contributed by atoms with Crippen LogP contribution in [-0.2, 0) is 6.42 Å². The van der Waals surface area contributed by atoms with Gasteiger partial charge in [-0.1, -0.05) is 12.1 Å². The lowest BCUT2D eigenvalue weighted by molar-refractivity contribution is 0.469. The van der Waals surface area contributed by atoms with Crippen LogP contribution in [0, 0.1) is 22.5 Å². The van der Waals surface area contributed by atoms with Crippen molar-refractivity contribution in [2.24, 2.45) is 5.73 Å². The highest BCUT2D eigenvalue weighted by Gasteiger charge is 2.17. The fraction of sp³-hybridized carbons (Fsp3) is 0.360. The van der Waals surface area contributed by atoms with Crippen LogP contribution in [0.3, 0.4) is 0 Å². The van der Waals surface area contributed by atoms with E-state index in [1.165, 1.54) is 0 Å². The lowest BCUT2D eigenvalue weighted by atomic mass is 9.92. The number of halogens is 2. The molecule has 0 radical (unpaired) electrons. The van der Waals surface area contributed by atoms with Gasteiger partial charge in [0.15, 0.2) is 11.6 Å². The Bertz CT molecular complexity index is 1040. The minimum atomic E-state index is -0.884. The number of nitrogens with two attached hydrogens (primary N) is 1. The molecule has 5 nitrogen and oxygen atoms in total. The fourth-order valence-corrected chi connectivity index (χ4v) is 3.81. The molecule has 0 spiro atoms. The number of hydrogen-bond donors (Lipinski definition) is 4. The maximum atomic E-state index is 14.9. The summed E-state index contributed by atoms with van der Waals surface area (Å²) in [6, 6.07) is 8.30. The van der Waals surface area contributed by atoms with E-state index in [4.69, 9.17) is 16.6 Å². The first-order valence-electron chi connectivity index (χ1n) is 10.6. The van der Waals surface area contributed by atoms with Gasteiger partial charge in [0.1, 0.15) is 0 Å². The van der Waals surface area contributed by atoms with Gasteiger partial charge in [-0.05, 0) is 87.7 Å². The number of allylic oxidation sites excluding steroid dienone is 2. The summed E-state index contributed by atoms with van der Waals surface area (Å²) in [6.45, 7) is 3.88. The van der Waals surface area contributed by atoms with Crippen molar-refractivity contribution in [3.05, 3.63) is 64.4 Å². The topological polar surface area (TPSA) is 89.0 Å². The Morgan fingerprint density at radius 3 is 2.34 bits per heavy atom. The molecule has 2 aromatic carbocycles. The van der Waals surface area contributed by atoms with Crippen LogP contribution in [0.15, 0.2) is 41.6 Å². The van der Waals surface area contributed by atoms with Crippen LogP contribution in [0.2, 0.25) is 0 Å². The van der Waals surface area contributed by atoms with Gasteiger partial charge in [-0.25, -0.2) is 8.78 Å². The largest absolute Gasteiger partial charge is 0.402 e. The molecule has 0 fully saturated rings. The van der Waals surface area contributed by atoms with E-state index in [0.717, 1.165) is 28.5 Å². The first kappa shape index (κ1) is 25.2. The molecule has 0 saturated heterocycles. The molecule has 172 valence electrons. The number of benzene rings is 2. The fourth-order valence-electron chi connectivity index (χ4n) is 3.81. The first-order chi connectivity index (χ1) is 15.1. The molecule has 2 rings (SSSR count). The summed E-state index contributed by atoms with van der Waals surface area (Å²) in [7, 11) is 5.58. The second-order valence-electron chi connectivity index (χ2n) is 8.25. The molecule has 0 unspecified atom stereocenters. The van der Waals surface area contributed by atoms with Gasteiger partial charge in [0.25, 0.3) is 0 Å². The summed E-state index contributed by atoms with van der Waals surface area (Å²) in [5.74, 6) is -1.74. The molecule has 5 N–H and O–H groups in total. The Morgan fingerprint density at radius 1 is 1.09 bits per heavy atom. The second kappa shape index (κ2) is 11.0. The van der Waals surface area contributed by atoms with Crippen LogP contribution in [0.5, 0.6) is 0 Å². The number of likely N-dealkylation sites (N-methyl/N-ethyl adjacent to an activating group) is 1. The van der Waals surface area contributed by atoms with Gasteiger partial charge in [0.2, 0.25) is 0 Å². The monoisotopic (exact) mass is 441 g/mol. The molecule has 0 heterocycles. The molecule has 0 aliphatic rings. The maximum absolute atomic E-state index is 14.9. The van der Waals surface area contributed by atoms with Gasteiger partial charge in [-0.2, -0.15) is 0 Å². The van der Waals surface area contributed by atoms with E-state index in [-0.39, 0.29) is 0 Å². The van der Waals surface area contributed by atoms with Crippen molar-refractivity contribution in [3.63, 3.8) is 0 Å². The number of hydrogen-bond acceptors (Lipinski definition) is 5. The molecule has 0 bridgehead atoms. The van der Waals surface area contributed by atoms with Crippen LogP contribution >= 0.6 is 0 Å². The van der Waals surface area contributed by atoms with E-state index < -0.39 is 11.6 Å². The van der Waals surface area contributed by atoms with Gasteiger partial charge in [0.05, 0.1) is 5.71 Å². The van der Waals surface area contributed by atoms with Crippen LogP contribution in [0.4, 0.5) is 14.5 Å². The van der Waals surface area contributed by atoms with Gasteiger partial charge in [-0.3, -0.25) is 0 Å². The van der Waals surface area contributed by atoms with Crippen molar-refractivity contribution in [2.45, 2.75) is 33.1 Å². The molecule has 7 heteroatoms. The van der Waals surface area contributed by atoms with Gasteiger partial charge in [0, 0.05) is 36.3 Å². The average molecular weight is 442 g/mol. The molecule has 0 saturated carbocycles. The van der Waals surface area contributed by atoms with Crippen molar-refractivity contribution in [1.82, 2.24) is 4.90 Å². The molecular weight excluding hydrogens is 408 g/mol. The third kappa shape index (κ3) is 6.01. The van der Waals surface area contributed by atoms with E-state index >= 15 is 0 Å². The summed E-state index contributed by atoms with van der Waals surface area (Å²) in [6.07, 6.45) is 1.36. The maximum Gasteiger partial charge on any atom is 0.162 e. The Balaban J connectivity index is 2.46. The van der Waals surface area contributed by atoms with Crippen LogP contribution < -0.4 is 11.1 Å². The van der Waals surface area contributed by atoms with Crippen LogP contribution in [0.1, 0.15) is 37.8 Å². The standard InChI is InChI=1S/C25H33F2N5/c1-15(28)18(16(2)29)7-6-8-20-19(10-11-22(26)25(20)27)17-9-12-24(31-3)21(13-17)23(30)14-32(4)5/h9-13,28,30-31H,6-8,14,29H2,1-5H3. The Kier molecular flexibility index (Phi) is 8.66. The van der Waals surface area contributed by atoms with Gasteiger partial charge in [-0.15, -0.1) is 0 Å². The summed E-state index contributed by atoms with van der Waals surface area (Å²) >= 11 is 0. The normalized spacial score (nSPS) is 12.0. The SMILES string of the molecule is CNc1ccc(-c2ccc(F)c(F)c2CCCC(C(C)=N)=C(C)N)cc1C(=N)CN(C)C. The summed E-state index contributed by atoms with van der Waals surface area (Å²) in [5, 5.41) is 19.4. The minimum Gasteiger partial charge on any atom is -0.402 e. The molecular formula is C25H33F2N5. The van der Waals surface area contributed by atoms with Crippen molar-refractivity contribution < 1.29 is 8.78 Å². The average Bonchev–Trinajstić information content (AvgIpc) is 2.72. The Labute approximate surface area is 189 Å². The Hall–Kier alpha value is -3.06. The number of nitrogens with one attached hydrogen (secondary N) is 3. The summed E-state index contributed by atoms with van der Waals surface area (Å²) in [5.41, 5.74) is 11.2. The summed E-state index contributed by atoms with van der Waals surface area (Å²) in [4.78, 5) is 1.91. The van der Waals surface area contributed by atoms with Gasteiger partial charge < -0.3 is 26.8 Å². The van der Waals surface area contributed by atoms with Crippen molar-refractivity contribution >= 4 is 17.1 Å². The quantitative estimate of drug-likeness (QED) is 0.382. The van der Waals surface area contributed by atoms with Crippen molar-refractivity contribution in [2.75, 3.05) is 33.0 Å². The number of nitrogens with zero attached hydrogens (tertiary/aromatic N) is 1. The molecule has 0 atom stereocenters. The molecule has 2 aromatic rings. The highest BCUT2D eigenvalue weighted by molar-refractivity contribution is 6.05. The Morgan fingerprint density at radius 2 is 1.78 bits per heavy atom. The van der Waals surface area contributed by atoms with Crippen LogP contribution in [0.25, 0.3) is 11.1 Å². The van der Waals surface area contributed by atoms with E-state index in [9.17, 15) is 8.78 Å². The van der Waals surface area contributed by atoms with E-state index in [1.807, 2.05) is 37.2 Å². The van der Waals surface area contributed by atoms with Crippen LogP contribution in [-0.4, -0.2) is 44.0 Å². The molecule has 0 amide bonds. The zero-order valence-electron chi connectivity index (χ0n) is 19.5. The van der Waals surface area contributed by atoms with E-state index in [0.29, 0.717) is 54.1 Å². The third-order valence-electron chi connectivity index (χ3n) is 5.38. The lowest BCUT2D eigenvalue weighted by Crippen LogP contribution is -2.22. The van der Waals surface area contributed by atoms with E-state index in [1.54, 1.807) is 27.0 Å². The zero-order valence-corrected chi connectivity index (χ0v) is 19.5. The summed E-state index contributed by atoms with van der Waals surface area (Å²) < 4.78 is 28.9. The highest BCUT2D eigenvalue weighted by atomic mass is 19.2. The van der Waals surface area contributed by atoms with Gasteiger partial charge >= 0.3 is 0 Å². The molecule has 0 aromatic heterocycles. The highest BCUT2D eigenvalue weighted by Crippen LogP contribution is 2.32. The smallest absolute Gasteiger partial charge is 0.162 e. The first-order valence-corrected chi connectivity index (χ1v) is 10.6. The predicted molar refractivity (Wildman–Crippen MR) is 130 cm³/mol. The minimum absolute atomic E-state index is 0.295. The number of rotatable bonds is 10.